The summed E-state index contributed by atoms with van der Waals surface area (Å²) in [5.41, 5.74) is 0. The van der Waals surface area contributed by atoms with Crippen molar-refractivity contribution in [3.8, 4) is 0 Å². The summed E-state index contributed by atoms with van der Waals surface area (Å²) in [7, 11) is 0. The van der Waals surface area contributed by atoms with Crippen LogP contribution in [0.2, 0.25) is 0 Å². The van der Waals surface area contributed by atoms with Crippen molar-refractivity contribution >= 4 is 12.9 Å². The first-order chi connectivity index (χ1) is 4.41. The molecular weight excluding hydrogens is 158 g/mol. The summed E-state index contributed by atoms with van der Waals surface area (Å²) in [6.45, 7) is 0. The zero-order valence-corrected chi connectivity index (χ0v) is 4.66. The third-order valence-corrected chi connectivity index (χ3v) is 0.234. The van der Waals surface area contributed by atoms with E-state index in [0.717, 1.165) is 0 Å². The fourth-order valence-electron chi connectivity index (χ4n) is 0.0614. The minimum Gasteiger partial charge on any atom is -0.180 e. The molecule has 0 aromatic rings. The van der Waals surface area contributed by atoms with E-state index < -0.39 is 0 Å². The van der Waals surface area contributed by atoms with Crippen LogP contribution < -0.4 is 5.90 Å². The number of hydrogen-bond donors (Lipinski definition) is 1. The lowest BCUT2D eigenvalue weighted by Crippen LogP contribution is -2.03. The van der Waals surface area contributed by atoms with E-state index in [-0.39, 0.29) is 0 Å². The second-order valence-electron chi connectivity index (χ2n) is 0.504. The fraction of sp³-hybridized carbons (Fsp3) is 0. The molecule has 9 heteroatoms. The molecule has 0 fully saturated rings. The lowest BCUT2D eigenvalue weighted by molar-refractivity contribution is -0.782. The van der Waals surface area contributed by atoms with Crippen LogP contribution in [-0.2, 0) is 34.5 Å². The van der Waals surface area contributed by atoms with Crippen molar-refractivity contribution in [2.45, 2.75) is 0 Å². The highest BCUT2D eigenvalue weighted by molar-refractivity contribution is 7.74. The standard InChI is InChI=1S/H2NO7S/c1-2-3-4-5-6-7-8-9/h1H2. The average molecular weight is 160 g/mol. The monoisotopic (exact) mass is 160 g/mol. The number of hydrogen-bond acceptors (Lipinski definition) is 8. The predicted molar refractivity (Wildman–Crippen MR) is 19.4 cm³/mol. The lowest BCUT2D eigenvalue weighted by Gasteiger charge is -1.93. The molecule has 0 saturated carbocycles. The summed E-state index contributed by atoms with van der Waals surface area (Å²) in [6.07, 6.45) is 0. The van der Waals surface area contributed by atoms with Crippen LogP contribution in [0.5, 0.6) is 0 Å². The van der Waals surface area contributed by atoms with E-state index in [0.29, 0.717) is 0 Å². The molecular formula is H2NO7S. The molecule has 0 heterocycles. The molecule has 0 amide bonds. The Morgan fingerprint density at radius 3 is 2.00 bits per heavy atom. The van der Waals surface area contributed by atoms with Crippen LogP contribution >= 0.6 is 12.9 Å². The Hall–Kier alpha value is 0.0300. The topological polar surface area (TPSA) is 90.6 Å². The third-order valence-electron chi connectivity index (χ3n) is 0.178. The molecule has 0 aliphatic carbocycles. The van der Waals surface area contributed by atoms with Gasteiger partial charge in [-0.3, -0.25) is 0 Å². The van der Waals surface area contributed by atoms with E-state index in [2.05, 4.69) is 53.3 Å². The second-order valence-corrected chi connectivity index (χ2v) is 0.641. The predicted octanol–water partition coefficient (Wildman–Crippen LogP) is -0.421. The van der Waals surface area contributed by atoms with Gasteiger partial charge in [0.2, 0.25) is 0 Å². The van der Waals surface area contributed by atoms with Gasteiger partial charge in [0.25, 0.3) is 0 Å². The highest BCUT2D eigenvalue weighted by Gasteiger charge is 1.89. The quantitative estimate of drug-likeness (QED) is 0.318. The Labute approximate surface area is 54.4 Å². The molecule has 1 radical (unpaired) electrons. The van der Waals surface area contributed by atoms with Crippen molar-refractivity contribution in [1.29, 1.82) is 0 Å². The van der Waals surface area contributed by atoms with E-state index in [4.69, 9.17) is 0 Å². The molecule has 0 atom stereocenters. The molecule has 55 valence electrons. The second kappa shape index (κ2) is 8.03. The van der Waals surface area contributed by atoms with Crippen LogP contribution in [0.25, 0.3) is 0 Å². The Bertz CT molecular complexity index is 42.2. The summed E-state index contributed by atoms with van der Waals surface area (Å²) in [4.78, 5) is 3.37. The highest BCUT2D eigenvalue weighted by atomic mass is 32.1. The summed E-state index contributed by atoms with van der Waals surface area (Å²) in [5, 5.41) is 17.3. The average Bonchev–Trinajstić information content (AvgIpc) is 1.89. The first-order valence-electron chi connectivity index (χ1n) is 1.40. The molecule has 0 spiro atoms. The van der Waals surface area contributed by atoms with E-state index in [9.17, 15) is 0 Å². The van der Waals surface area contributed by atoms with Crippen molar-refractivity contribution in [2.75, 3.05) is 0 Å². The summed E-state index contributed by atoms with van der Waals surface area (Å²) < 4.78 is 3.45. The van der Waals surface area contributed by atoms with Gasteiger partial charge in [-0.25, -0.2) is 0 Å². The van der Waals surface area contributed by atoms with Crippen molar-refractivity contribution in [3.05, 3.63) is 0 Å². The van der Waals surface area contributed by atoms with Gasteiger partial charge in [0.05, 0.1) is 0 Å². The van der Waals surface area contributed by atoms with E-state index in [1.54, 1.807) is 0 Å². The molecule has 0 aliphatic heterocycles. The van der Waals surface area contributed by atoms with Crippen molar-refractivity contribution in [3.63, 3.8) is 0 Å². The minimum atomic E-state index is 3.37. The van der Waals surface area contributed by atoms with Crippen molar-refractivity contribution < 1.29 is 34.5 Å². The number of nitrogens with two attached hydrogens (primary N) is 1. The smallest absolute Gasteiger partial charge is 0.138 e. The van der Waals surface area contributed by atoms with Gasteiger partial charge in [-0.05, 0) is 25.2 Å². The molecule has 0 unspecified atom stereocenters. The summed E-state index contributed by atoms with van der Waals surface area (Å²) in [5.74, 6) is 4.27. The fourth-order valence-corrected chi connectivity index (χ4v) is 0.0841. The highest BCUT2D eigenvalue weighted by Crippen LogP contribution is 1.86. The van der Waals surface area contributed by atoms with Crippen LogP contribution in [0.1, 0.15) is 0 Å². The van der Waals surface area contributed by atoms with Crippen LogP contribution in [0.4, 0.5) is 0 Å². The minimum absolute atomic E-state index is 3.37. The Kier molecular flexibility index (Phi) is 8.06. The first-order valence-corrected chi connectivity index (χ1v) is 1.74. The Morgan fingerprint density at radius 2 is 1.44 bits per heavy atom. The number of rotatable bonds is 6. The van der Waals surface area contributed by atoms with Gasteiger partial charge in [0.15, 0.2) is 0 Å². The largest absolute Gasteiger partial charge is 0.180 e. The summed E-state index contributed by atoms with van der Waals surface area (Å²) >= 11 is 3.75. The van der Waals surface area contributed by atoms with Crippen molar-refractivity contribution in [2.24, 2.45) is 5.90 Å². The van der Waals surface area contributed by atoms with Gasteiger partial charge in [-0.2, -0.15) is 5.90 Å². The van der Waals surface area contributed by atoms with Gasteiger partial charge < -0.3 is 0 Å². The van der Waals surface area contributed by atoms with Gasteiger partial charge in [-0.1, -0.05) is 0 Å². The summed E-state index contributed by atoms with van der Waals surface area (Å²) in [6, 6.07) is 0. The molecule has 0 rings (SSSR count). The zero-order valence-electron chi connectivity index (χ0n) is 3.84. The molecule has 0 aromatic heterocycles. The van der Waals surface area contributed by atoms with Crippen LogP contribution in [0, 0.1) is 0 Å². The molecule has 0 bridgehead atoms. The van der Waals surface area contributed by atoms with Gasteiger partial charge in [0, 0.05) is 0 Å². The van der Waals surface area contributed by atoms with Gasteiger partial charge in [-0.15, -0.1) is 9.32 Å². The maximum Gasteiger partial charge on any atom is 0.138 e. The normalized spacial score (nSPS) is 10.0. The Morgan fingerprint density at radius 1 is 0.889 bits per heavy atom. The van der Waals surface area contributed by atoms with E-state index in [1.165, 1.54) is 0 Å². The molecule has 0 aliphatic rings. The molecule has 8 nitrogen and oxygen atoms in total. The Balaban J connectivity index is 2.60. The van der Waals surface area contributed by atoms with E-state index >= 15 is 0 Å². The lowest BCUT2D eigenvalue weighted by atomic mass is 13.5. The van der Waals surface area contributed by atoms with Crippen LogP contribution in [0.3, 0.4) is 0 Å². The first kappa shape index (κ1) is 9.03. The van der Waals surface area contributed by atoms with Crippen LogP contribution in [-0.4, -0.2) is 0 Å². The van der Waals surface area contributed by atoms with E-state index in [1.807, 2.05) is 0 Å². The molecule has 0 aromatic carbocycles. The zero-order chi connectivity index (χ0) is 6.95. The molecule has 9 heavy (non-hydrogen) atoms. The van der Waals surface area contributed by atoms with Crippen LogP contribution in [0.15, 0.2) is 0 Å². The van der Waals surface area contributed by atoms with Gasteiger partial charge in [0.1, 0.15) is 12.9 Å². The SMILES string of the molecule is NOOOOOOO[S]. The molecule has 2 N–H and O–H groups in total. The van der Waals surface area contributed by atoms with Gasteiger partial charge >= 0.3 is 0 Å². The maximum absolute atomic E-state index is 4.27. The van der Waals surface area contributed by atoms with Crippen molar-refractivity contribution in [1.82, 2.24) is 0 Å². The third kappa shape index (κ3) is 8.03. The molecule has 0 saturated heterocycles. The maximum atomic E-state index is 4.27.